The largest absolute Gasteiger partial charge is 0.333 e. The van der Waals surface area contributed by atoms with E-state index in [0.717, 1.165) is 13.1 Å². The third kappa shape index (κ3) is 2.63. The molecule has 1 N–H and O–H groups in total. The minimum atomic E-state index is -0.0281. The van der Waals surface area contributed by atoms with Crippen LogP contribution in [-0.4, -0.2) is 29.6 Å². The van der Waals surface area contributed by atoms with Crippen molar-refractivity contribution in [3.63, 3.8) is 0 Å². The zero-order valence-electron chi connectivity index (χ0n) is 9.76. The summed E-state index contributed by atoms with van der Waals surface area (Å²) in [7, 11) is 0. The predicted octanol–water partition coefficient (Wildman–Crippen LogP) is 2.23. The third-order valence-electron chi connectivity index (χ3n) is 3.08. The molecular weight excluding hydrogens is 176 g/mol. The highest BCUT2D eigenvalue weighted by atomic mass is 16.2. The molecule has 1 aliphatic carbocycles. The Balaban J connectivity index is 2.45. The number of amides is 2. The summed E-state index contributed by atoms with van der Waals surface area (Å²) in [6.07, 6.45) is 2.51. The van der Waals surface area contributed by atoms with Gasteiger partial charge in [-0.15, -0.1) is 0 Å². The lowest BCUT2D eigenvalue weighted by Gasteiger charge is -2.30. The summed E-state index contributed by atoms with van der Waals surface area (Å²) in [6.45, 7) is 9.81. The van der Waals surface area contributed by atoms with Crippen LogP contribution in [0.1, 0.15) is 40.5 Å². The second-order valence-electron chi connectivity index (χ2n) is 4.60. The molecule has 0 spiro atoms. The molecule has 1 aliphatic rings. The quantitative estimate of drug-likeness (QED) is 0.738. The number of nitrogens with zero attached hydrogens (tertiary/aromatic N) is 1. The van der Waals surface area contributed by atoms with Crippen molar-refractivity contribution in [2.75, 3.05) is 13.1 Å². The Hall–Kier alpha value is -0.730. The highest BCUT2D eigenvalue weighted by Gasteiger charge is 2.39. The smallest absolute Gasteiger partial charge is 0.317 e. The van der Waals surface area contributed by atoms with Crippen LogP contribution in [0.15, 0.2) is 0 Å². The van der Waals surface area contributed by atoms with E-state index in [-0.39, 0.29) is 11.6 Å². The molecule has 3 heteroatoms. The Morgan fingerprint density at radius 1 is 1.36 bits per heavy atom. The Morgan fingerprint density at radius 3 is 2.21 bits per heavy atom. The zero-order valence-corrected chi connectivity index (χ0v) is 9.76. The van der Waals surface area contributed by atoms with Crippen molar-refractivity contribution in [3.8, 4) is 0 Å². The minimum absolute atomic E-state index is 0.0281. The van der Waals surface area contributed by atoms with Crippen LogP contribution in [0.2, 0.25) is 0 Å². The van der Waals surface area contributed by atoms with E-state index in [9.17, 15) is 4.79 Å². The molecule has 1 rings (SSSR count). The van der Waals surface area contributed by atoms with Gasteiger partial charge in [-0.1, -0.05) is 0 Å². The second-order valence-corrected chi connectivity index (χ2v) is 4.60. The number of nitrogens with one attached hydrogen (secondary N) is 1. The van der Waals surface area contributed by atoms with E-state index in [4.69, 9.17) is 0 Å². The summed E-state index contributed by atoms with van der Waals surface area (Å²) in [4.78, 5) is 13.6. The normalized spacial score (nSPS) is 16.6. The Kier molecular flexibility index (Phi) is 3.40. The van der Waals surface area contributed by atoms with E-state index in [2.05, 4.69) is 19.2 Å². The fourth-order valence-corrected chi connectivity index (χ4v) is 1.77. The lowest BCUT2D eigenvalue weighted by molar-refractivity contribution is 0.188. The number of rotatable bonds is 4. The van der Waals surface area contributed by atoms with Gasteiger partial charge in [0.1, 0.15) is 0 Å². The molecule has 1 fully saturated rings. The predicted molar refractivity (Wildman–Crippen MR) is 58.3 cm³/mol. The third-order valence-corrected chi connectivity index (χ3v) is 3.08. The molecule has 0 radical (unpaired) electrons. The highest BCUT2D eigenvalue weighted by Crippen LogP contribution is 2.39. The summed E-state index contributed by atoms with van der Waals surface area (Å²) >= 11 is 0. The van der Waals surface area contributed by atoms with Gasteiger partial charge in [0.05, 0.1) is 0 Å². The SMILES string of the molecule is CCN(CC)C(=O)NC(C)(C)C1CC1. The molecule has 0 aromatic rings. The molecule has 0 unspecified atom stereocenters. The summed E-state index contributed by atoms with van der Waals surface area (Å²) < 4.78 is 0. The van der Waals surface area contributed by atoms with E-state index < -0.39 is 0 Å². The van der Waals surface area contributed by atoms with Gasteiger partial charge in [0, 0.05) is 18.6 Å². The average Bonchev–Trinajstić information content (AvgIpc) is 2.87. The Morgan fingerprint density at radius 2 is 1.86 bits per heavy atom. The van der Waals surface area contributed by atoms with Crippen molar-refractivity contribution in [1.82, 2.24) is 10.2 Å². The van der Waals surface area contributed by atoms with Crippen molar-refractivity contribution in [3.05, 3.63) is 0 Å². The molecule has 2 amide bonds. The van der Waals surface area contributed by atoms with E-state index >= 15 is 0 Å². The van der Waals surface area contributed by atoms with Gasteiger partial charge >= 0.3 is 6.03 Å². The highest BCUT2D eigenvalue weighted by molar-refractivity contribution is 5.75. The number of carbonyl (C=O) groups excluding carboxylic acids is 1. The summed E-state index contributed by atoms with van der Waals surface area (Å²) in [5.74, 6) is 0.682. The molecule has 0 aromatic carbocycles. The maximum absolute atomic E-state index is 11.8. The van der Waals surface area contributed by atoms with Gasteiger partial charge in [-0.3, -0.25) is 0 Å². The molecule has 0 atom stereocenters. The summed E-state index contributed by atoms with van der Waals surface area (Å²) in [6, 6.07) is 0.0758. The molecule has 0 aromatic heterocycles. The van der Waals surface area contributed by atoms with E-state index in [0.29, 0.717) is 5.92 Å². The maximum Gasteiger partial charge on any atom is 0.317 e. The standard InChI is InChI=1S/C11H22N2O/c1-5-13(6-2)10(14)12-11(3,4)9-7-8-9/h9H,5-8H2,1-4H3,(H,12,14). The van der Waals surface area contributed by atoms with Crippen molar-refractivity contribution in [2.45, 2.75) is 46.1 Å². The van der Waals surface area contributed by atoms with Crippen LogP contribution in [0, 0.1) is 5.92 Å². The lowest BCUT2D eigenvalue weighted by atomic mass is 9.99. The zero-order chi connectivity index (χ0) is 10.8. The van der Waals surface area contributed by atoms with E-state index in [1.165, 1.54) is 12.8 Å². The van der Waals surface area contributed by atoms with Crippen LogP contribution in [0.25, 0.3) is 0 Å². The first-order chi connectivity index (χ1) is 6.51. The van der Waals surface area contributed by atoms with Gasteiger partial charge in [-0.05, 0) is 46.5 Å². The molecule has 14 heavy (non-hydrogen) atoms. The lowest BCUT2D eigenvalue weighted by Crippen LogP contribution is -2.51. The fraction of sp³-hybridized carbons (Fsp3) is 0.909. The minimum Gasteiger partial charge on any atom is -0.333 e. The molecule has 0 bridgehead atoms. The summed E-state index contributed by atoms with van der Waals surface area (Å²) in [5, 5.41) is 3.11. The van der Waals surface area contributed by atoms with Gasteiger partial charge in [0.2, 0.25) is 0 Å². The van der Waals surface area contributed by atoms with Crippen LogP contribution in [0.4, 0.5) is 4.79 Å². The van der Waals surface area contributed by atoms with Gasteiger partial charge in [0.25, 0.3) is 0 Å². The molecular formula is C11H22N2O. The molecule has 0 heterocycles. The number of urea groups is 1. The van der Waals surface area contributed by atoms with Gasteiger partial charge in [-0.2, -0.15) is 0 Å². The average molecular weight is 198 g/mol. The van der Waals surface area contributed by atoms with Gasteiger partial charge in [0.15, 0.2) is 0 Å². The van der Waals surface area contributed by atoms with Crippen molar-refractivity contribution >= 4 is 6.03 Å². The first-order valence-electron chi connectivity index (χ1n) is 5.58. The number of hydrogen-bond donors (Lipinski definition) is 1. The molecule has 0 saturated heterocycles. The second kappa shape index (κ2) is 4.20. The number of carbonyl (C=O) groups is 1. The van der Waals surface area contributed by atoms with Crippen molar-refractivity contribution in [1.29, 1.82) is 0 Å². The molecule has 82 valence electrons. The van der Waals surface area contributed by atoms with Crippen molar-refractivity contribution < 1.29 is 4.79 Å². The summed E-state index contributed by atoms with van der Waals surface area (Å²) in [5.41, 5.74) is -0.0281. The first-order valence-corrected chi connectivity index (χ1v) is 5.58. The van der Waals surface area contributed by atoms with Crippen molar-refractivity contribution in [2.24, 2.45) is 5.92 Å². The van der Waals surface area contributed by atoms with E-state index in [1.54, 1.807) is 0 Å². The maximum atomic E-state index is 11.8. The first kappa shape index (κ1) is 11.3. The molecule has 1 saturated carbocycles. The van der Waals surface area contributed by atoms with Gasteiger partial charge in [-0.25, -0.2) is 4.79 Å². The Labute approximate surface area is 86.9 Å². The van der Waals surface area contributed by atoms with Crippen LogP contribution >= 0.6 is 0 Å². The molecule has 0 aliphatic heterocycles. The van der Waals surface area contributed by atoms with Crippen LogP contribution < -0.4 is 5.32 Å². The van der Waals surface area contributed by atoms with Crippen LogP contribution in [0.3, 0.4) is 0 Å². The number of hydrogen-bond acceptors (Lipinski definition) is 1. The van der Waals surface area contributed by atoms with Crippen LogP contribution in [0.5, 0.6) is 0 Å². The monoisotopic (exact) mass is 198 g/mol. The molecule has 3 nitrogen and oxygen atoms in total. The van der Waals surface area contributed by atoms with E-state index in [1.807, 2.05) is 18.7 Å². The fourth-order valence-electron chi connectivity index (χ4n) is 1.77. The van der Waals surface area contributed by atoms with Crippen LogP contribution in [-0.2, 0) is 0 Å². The van der Waals surface area contributed by atoms with Gasteiger partial charge < -0.3 is 10.2 Å². The topological polar surface area (TPSA) is 32.3 Å². The Bertz CT molecular complexity index is 205.